The van der Waals surface area contributed by atoms with Gasteiger partial charge in [-0.2, -0.15) is 10.2 Å². The van der Waals surface area contributed by atoms with Gasteiger partial charge in [-0.25, -0.2) is 13.9 Å². The first-order valence-corrected chi connectivity index (χ1v) is 10.1. The molecule has 1 N–H and O–H groups in total. The first-order valence-electron chi connectivity index (χ1n) is 10.1. The zero-order valence-corrected chi connectivity index (χ0v) is 17.3. The molecular formula is C21H25FN6O2. The number of hydrogen-bond donors (Lipinski definition) is 1. The quantitative estimate of drug-likeness (QED) is 0.714. The van der Waals surface area contributed by atoms with E-state index >= 15 is 0 Å². The van der Waals surface area contributed by atoms with Crippen LogP contribution in [0.2, 0.25) is 0 Å². The van der Waals surface area contributed by atoms with E-state index in [1.54, 1.807) is 34.7 Å². The van der Waals surface area contributed by atoms with Gasteiger partial charge in [0.05, 0.1) is 5.69 Å². The number of carbonyl (C=O) groups is 1. The summed E-state index contributed by atoms with van der Waals surface area (Å²) in [5, 5.41) is 11.4. The van der Waals surface area contributed by atoms with Crippen LogP contribution in [0.15, 0.2) is 35.1 Å². The van der Waals surface area contributed by atoms with Gasteiger partial charge >= 0.3 is 5.69 Å². The smallest absolute Gasteiger partial charge is 0.337 e. The van der Waals surface area contributed by atoms with Crippen LogP contribution in [0, 0.1) is 5.82 Å². The molecule has 1 aliphatic heterocycles. The molecule has 4 rings (SSSR count). The van der Waals surface area contributed by atoms with Crippen LogP contribution >= 0.6 is 0 Å². The number of H-pyrrole nitrogens is 1. The number of aromatic nitrogens is 5. The molecule has 1 fully saturated rings. The van der Waals surface area contributed by atoms with E-state index in [0.29, 0.717) is 24.5 Å². The molecule has 0 spiro atoms. The van der Waals surface area contributed by atoms with E-state index in [1.807, 2.05) is 13.8 Å². The molecule has 0 unspecified atom stereocenters. The van der Waals surface area contributed by atoms with Gasteiger partial charge in [-0.05, 0) is 57.0 Å². The summed E-state index contributed by atoms with van der Waals surface area (Å²) in [5.41, 5.74) is 1.64. The van der Waals surface area contributed by atoms with Crippen molar-refractivity contribution >= 4 is 5.91 Å². The van der Waals surface area contributed by atoms with Gasteiger partial charge < -0.3 is 4.90 Å². The number of benzene rings is 1. The van der Waals surface area contributed by atoms with Crippen LogP contribution in [-0.2, 0) is 7.05 Å². The number of rotatable bonds is 4. The summed E-state index contributed by atoms with van der Waals surface area (Å²) in [6.45, 7) is 5.11. The Balaban J connectivity index is 1.45. The summed E-state index contributed by atoms with van der Waals surface area (Å²) in [4.78, 5) is 27.0. The second-order valence-corrected chi connectivity index (χ2v) is 7.97. The molecule has 0 aliphatic carbocycles. The van der Waals surface area contributed by atoms with Crippen LogP contribution in [0.5, 0.6) is 0 Å². The minimum atomic E-state index is -0.316. The van der Waals surface area contributed by atoms with Crippen molar-refractivity contribution < 1.29 is 9.18 Å². The summed E-state index contributed by atoms with van der Waals surface area (Å²) < 4.78 is 16.2. The van der Waals surface area contributed by atoms with Gasteiger partial charge in [-0.15, -0.1) is 0 Å². The number of halogens is 1. The number of nitrogens with one attached hydrogen (secondary N) is 1. The molecule has 0 atom stereocenters. The van der Waals surface area contributed by atoms with Crippen LogP contribution in [0.4, 0.5) is 4.39 Å². The zero-order valence-electron chi connectivity index (χ0n) is 17.3. The van der Waals surface area contributed by atoms with Crippen molar-refractivity contribution in [1.29, 1.82) is 0 Å². The second-order valence-electron chi connectivity index (χ2n) is 7.97. The lowest BCUT2D eigenvalue weighted by Gasteiger charge is -2.31. The normalized spacial score (nSPS) is 15.2. The Bertz CT molecular complexity index is 1100. The fourth-order valence-electron chi connectivity index (χ4n) is 3.97. The van der Waals surface area contributed by atoms with Crippen LogP contribution in [-0.4, -0.2) is 48.4 Å². The first kappa shape index (κ1) is 20.1. The lowest BCUT2D eigenvalue weighted by Crippen LogP contribution is -2.39. The van der Waals surface area contributed by atoms with E-state index < -0.39 is 0 Å². The molecule has 3 heterocycles. The molecule has 1 aromatic carbocycles. The van der Waals surface area contributed by atoms with Crippen LogP contribution in [0.25, 0.3) is 11.3 Å². The van der Waals surface area contributed by atoms with Gasteiger partial charge in [-0.3, -0.25) is 14.5 Å². The Hall–Kier alpha value is -3.23. The Morgan fingerprint density at radius 2 is 1.87 bits per heavy atom. The van der Waals surface area contributed by atoms with Crippen LogP contribution in [0.1, 0.15) is 55.0 Å². The first-order chi connectivity index (χ1) is 14.3. The summed E-state index contributed by atoms with van der Waals surface area (Å²) in [7, 11) is 1.67. The number of nitrogens with zero attached hydrogens (tertiary/aromatic N) is 5. The van der Waals surface area contributed by atoms with Crippen molar-refractivity contribution in [2.45, 2.75) is 38.6 Å². The SMILES string of the molecule is CC(C)n1c(C2CCN(C(=O)c3cc(-c4ccc(F)cc4)n[nH]3)CC2)nn(C)c1=O. The number of aryl methyl sites for hydroxylation is 1. The average molecular weight is 412 g/mol. The maximum absolute atomic E-state index is 13.1. The fraction of sp³-hybridized carbons (Fsp3) is 0.429. The Labute approximate surface area is 173 Å². The van der Waals surface area contributed by atoms with Gasteiger partial charge in [0.15, 0.2) is 0 Å². The van der Waals surface area contributed by atoms with Crippen molar-refractivity contribution in [2.24, 2.45) is 7.05 Å². The Morgan fingerprint density at radius 1 is 1.20 bits per heavy atom. The largest absolute Gasteiger partial charge is 0.345 e. The van der Waals surface area contributed by atoms with Gasteiger partial charge in [0, 0.05) is 37.7 Å². The lowest BCUT2D eigenvalue weighted by atomic mass is 9.95. The summed E-state index contributed by atoms with van der Waals surface area (Å²) >= 11 is 0. The monoisotopic (exact) mass is 412 g/mol. The van der Waals surface area contributed by atoms with E-state index in [0.717, 1.165) is 24.2 Å². The van der Waals surface area contributed by atoms with E-state index in [9.17, 15) is 14.0 Å². The van der Waals surface area contributed by atoms with Crippen molar-refractivity contribution in [2.75, 3.05) is 13.1 Å². The molecule has 0 bridgehead atoms. The van der Waals surface area contributed by atoms with Crippen molar-refractivity contribution in [1.82, 2.24) is 29.4 Å². The van der Waals surface area contributed by atoms with E-state index in [4.69, 9.17) is 0 Å². The summed E-state index contributed by atoms with van der Waals surface area (Å²) in [6.07, 6.45) is 1.49. The molecule has 1 saturated heterocycles. The second kappa shape index (κ2) is 7.89. The van der Waals surface area contributed by atoms with E-state index in [1.165, 1.54) is 16.8 Å². The molecule has 2 aromatic heterocycles. The van der Waals surface area contributed by atoms with E-state index in [-0.39, 0.29) is 29.4 Å². The predicted molar refractivity (Wildman–Crippen MR) is 110 cm³/mol. The molecule has 1 aliphatic rings. The molecule has 30 heavy (non-hydrogen) atoms. The average Bonchev–Trinajstić information content (AvgIpc) is 3.34. The van der Waals surface area contributed by atoms with Gasteiger partial charge in [0.1, 0.15) is 17.3 Å². The van der Waals surface area contributed by atoms with Gasteiger partial charge in [0.25, 0.3) is 5.91 Å². The van der Waals surface area contributed by atoms with Crippen molar-refractivity contribution in [3.05, 3.63) is 58.2 Å². The van der Waals surface area contributed by atoms with Crippen LogP contribution in [0.3, 0.4) is 0 Å². The molecule has 8 nitrogen and oxygen atoms in total. The number of carbonyl (C=O) groups excluding carboxylic acids is 1. The maximum Gasteiger partial charge on any atom is 0.345 e. The minimum absolute atomic E-state index is 0.0377. The number of piperidine rings is 1. The minimum Gasteiger partial charge on any atom is -0.337 e. The highest BCUT2D eigenvalue weighted by Crippen LogP contribution is 2.28. The highest BCUT2D eigenvalue weighted by molar-refractivity contribution is 5.93. The summed E-state index contributed by atoms with van der Waals surface area (Å²) in [5.74, 6) is 0.507. The molecule has 3 aromatic rings. The number of aromatic amines is 1. The molecule has 9 heteroatoms. The van der Waals surface area contributed by atoms with Gasteiger partial charge in [0.2, 0.25) is 0 Å². The van der Waals surface area contributed by atoms with Crippen molar-refractivity contribution in [3.63, 3.8) is 0 Å². The molecule has 0 saturated carbocycles. The highest BCUT2D eigenvalue weighted by atomic mass is 19.1. The number of amides is 1. The van der Waals surface area contributed by atoms with Gasteiger partial charge in [-0.1, -0.05) is 0 Å². The highest BCUT2D eigenvalue weighted by Gasteiger charge is 2.30. The summed E-state index contributed by atoms with van der Waals surface area (Å²) in [6, 6.07) is 7.72. The third-order valence-electron chi connectivity index (χ3n) is 5.59. The maximum atomic E-state index is 13.1. The molecule has 1 amide bonds. The molecular weight excluding hydrogens is 387 g/mol. The number of hydrogen-bond acceptors (Lipinski definition) is 4. The number of likely N-dealkylation sites (tertiary alicyclic amines) is 1. The zero-order chi connectivity index (χ0) is 21.4. The third kappa shape index (κ3) is 3.67. The topological polar surface area (TPSA) is 88.8 Å². The lowest BCUT2D eigenvalue weighted by molar-refractivity contribution is 0.0703. The molecule has 158 valence electrons. The predicted octanol–water partition coefficient (Wildman–Crippen LogP) is 2.71. The standard InChI is InChI=1S/C21H25FN6O2/c1-13(2)28-19(25-26(3)21(28)30)15-8-10-27(11-9-15)20(29)18-12-17(23-24-18)14-4-6-16(22)7-5-14/h4-7,12-13,15H,8-11H2,1-3H3,(H,23,24). The van der Waals surface area contributed by atoms with Crippen molar-refractivity contribution in [3.8, 4) is 11.3 Å². The van der Waals surface area contributed by atoms with Crippen LogP contribution < -0.4 is 5.69 Å². The Morgan fingerprint density at radius 3 is 2.50 bits per heavy atom. The third-order valence-corrected chi connectivity index (χ3v) is 5.59. The Kier molecular flexibility index (Phi) is 5.27. The fourth-order valence-corrected chi connectivity index (χ4v) is 3.97. The van der Waals surface area contributed by atoms with E-state index in [2.05, 4.69) is 15.3 Å². The molecule has 0 radical (unpaired) electrons.